The Balaban J connectivity index is 1.67. The zero-order chi connectivity index (χ0) is 21.0. The summed E-state index contributed by atoms with van der Waals surface area (Å²) in [6.45, 7) is 3.80. The Bertz CT molecular complexity index is 928. The molecule has 2 aromatic rings. The molecule has 2 aromatic carbocycles. The Morgan fingerprint density at radius 2 is 1.86 bits per heavy atom. The molecule has 0 spiro atoms. The lowest BCUT2D eigenvalue weighted by Crippen LogP contribution is -2.51. The highest BCUT2D eigenvalue weighted by Crippen LogP contribution is 2.29. The smallest absolute Gasteiger partial charge is 0.244 e. The Morgan fingerprint density at radius 1 is 1.17 bits per heavy atom. The van der Waals surface area contributed by atoms with Gasteiger partial charge in [-0.25, -0.2) is 0 Å². The van der Waals surface area contributed by atoms with Crippen LogP contribution in [0.25, 0.3) is 0 Å². The van der Waals surface area contributed by atoms with E-state index in [2.05, 4.69) is 10.6 Å². The fraction of sp³-hybridized carbons (Fsp3) is 0.318. The van der Waals surface area contributed by atoms with E-state index in [1.54, 1.807) is 37.1 Å². The van der Waals surface area contributed by atoms with Gasteiger partial charge in [-0.05, 0) is 44.2 Å². The Morgan fingerprint density at radius 3 is 2.62 bits per heavy atom. The van der Waals surface area contributed by atoms with Crippen LogP contribution < -0.4 is 15.5 Å². The first-order chi connectivity index (χ1) is 13.9. The molecule has 0 aromatic heterocycles. The van der Waals surface area contributed by atoms with Gasteiger partial charge >= 0.3 is 0 Å². The van der Waals surface area contributed by atoms with Crippen LogP contribution in [0.1, 0.15) is 19.4 Å². The number of hydrogen-bond donors (Lipinski definition) is 2. The van der Waals surface area contributed by atoms with Crippen molar-refractivity contribution in [1.82, 2.24) is 4.90 Å². The average Bonchev–Trinajstić information content (AvgIpc) is 2.72. The van der Waals surface area contributed by atoms with E-state index in [1.165, 1.54) is 4.90 Å². The number of fused-ring (bicyclic) bond motifs is 1. The zero-order valence-corrected chi connectivity index (χ0v) is 16.9. The quantitative estimate of drug-likeness (QED) is 0.789. The fourth-order valence-electron chi connectivity index (χ4n) is 3.35. The third kappa shape index (κ3) is 4.63. The summed E-state index contributed by atoms with van der Waals surface area (Å²) >= 11 is 0. The molecule has 1 aliphatic heterocycles. The molecule has 1 aliphatic rings. The molecule has 2 N–H and O–H groups in total. The highest BCUT2D eigenvalue weighted by molar-refractivity contribution is 6.11. The van der Waals surface area contributed by atoms with Crippen LogP contribution in [-0.4, -0.2) is 48.8 Å². The van der Waals surface area contributed by atoms with E-state index in [-0.39, 0.29) is 30.8 Å². The minimum absolute atomic E-state index is 0.0376. The lowest BCUT2D eigenvalue weighted by atomic mass is 10.1. The van der Waals surface area contributed by atoms with Crippen LogP contribution in [0.5, 0.6) is 0 Å². The molecule has 152 valence electrons. The highest BCUT2D eigenvalue weighted by atomic mass is 16.2. The van der Waals surface area contributed by atoms with Crippen LogP contribution in [0.4, 0.5) is 17.1 Å². The van der Waals surface area contributed by atoms with E-state index in [0.29, 0.717) is 11.4 Å². The first-order valence-corrected chi connectivity index (χ1v) is 9.69. The minimum Gasteiger partial charge on any atom is -0.325 e. The van der Waals surface area contributed by atoms with Gasteiger partial charge in [-0.15, -0.1) is 0 Å². The van der Waals surface area contributed by atoms with Crippen LogP contribution in [-0.2, 0) is 20.8 Å². The molecule has 0 aliphatic carbocycles. The number of carbonyl (C=O) groups is 3. The van der Waals surface area contributed by atoms with Gasteiger partial charge in [0.25, 0.3) is 0 Å². The van der Waals surface area contributed by atoms with Crippen LogP contribution in [0.15, 0.2) is 48.5 Å². The summed E-state index contributed by atoms with van der Waals surface area (Å²) in [6.07, 6.45) is 0.817. The number of rotatable bonds is 6. The average molecular weight is 394 g/mol. The van der Waals surface area contributed by atoms with Gasteiger partial charge in [0.2, 0.25) is 17.7 Å². The molecule has 0 unspecified atom stereocenters. The zero-order valence-electron chi connectivity index (χ0n) is 16.9. The molecule has 1 atom stereocenters. The van der Waals surface area contributed by atoms with Crippen molar-refractivity contribution < 1.29 is 14.4 Å². The number of likely N-dealkylation sites (N-methyl/N-ethyl adjacent to an activating group) is 1. The van der Waals surface area contributed by atoms with Crippen molar-refractivity contribution in [3.05, 3.63) is 54.1 Å². The predicted octanol–water partition coefficient (Wildman–Crippen LogP) is 2.49. The standard InChI is InChI=1S/C22H26N4O3/c1-4-16-9-5-6-10-17(16)23-20(27)13-25(3)15(2)22(29)26-14-21(28)24-18-11-7-8-12-19(18)26/h5-12,15H,4,13-14H2,1-3H3,(H,23,27)(H,24,28)/t15-/m1/s1. The van der Waals surface area contributed by atoms with E-state index in [4.69, 9.17) is 0 Å². The molecule has 7 heteroatoms. The Labute approximate surface area is 170 Å². The second-order valence-corrected chi connectivity index (χ2v) is 7.14. The second-order valence-electron chi connectivity index (χ2n) is 7.14. The number of benzene rings is 2. The van der Waals surface area contributed by atoms with Gasteiger partial charge in [0.15, 0.2) is 0 Å². The first kappa shape index (κ1) is 20.5. The summed E-state index contributed by atoms with van der Waals surface area (Å²) < 4.78 is 0. The van der Waals surface area contributed by atoms with Crippen molar-refractivity contribution in [2.75, 3.05) is 35.7 Å². The van der Waals surface area contributed by atoms with Crippen molar-refractivity contribution in [2.45, 2.75) is 26.3 Å². The maximum atomic E-state index is 13.1. The summed E-state index contributed by atoms with van der Waals surface area (Å²) in [5.41, 5.74) is 3.12. The van der Waals surface area contributed by atoms with Crippen LogP contribution in [0, 0.1) is 0 Å². The van der Waals surface area contributed by atoms with Crippen LogP contribution in [0.3, 0.4) is 0 Å². The molecule has 0 bridgehead atoms. The van der Waals surface area contributed by atoms with Crippen molar-refractivity contribution in [3.63, 3.8) is 0 Å². The largest absolute Gasteiger partial charge is 0.325 e. The molecule has 29 heavy (non-hydrogen) atoms. The topological polar surface area (TPSA) is 81.8 Å². The van der Waals surface area contributed by atoms with E-state index in [9.17, 15) is 14.4 Å². The minimum atomic E-state index is -0.568. The Kier molecular flexibility index (Phi) is 6.29. The van der Waals surface area contributed by atoms with Gasteiger partial charge in [0.1, 0.15) is 6.54 Å². The highest BCUT2D eigenvalue weighted by Gasteiger charge is 2.31. The number of nitrogens with one attached hydrogen (secondary N) is 2. The molecule has 0 radical (unpaired) electrons. The molecule has 0 saturated carbocycles. The summed E-state index contributed by atoms with van der Waals surface area (Å²) in [6, 6.07) is 14.3. The van der Waals surface area contributed by atoms with Gasteiger partial charge in [0.05, 0.1) is 24.0 Å². The van der Waals surface area contributed by atoms with Gasteiger partial charge in [-0.2, -0.15) is 0 Å². The predicted molar refractivity (Wildman–Crippen MR) is 114 cm³/mol. The number of anilines is 3. The van der Waals surface area contributed by atoms with E-state index in [1.807, 2.05) is 37.3 Å². The molecule has 7 nitrogen and oxygen atoms in total. The van der Waals surface area contributed by atoms with Crippen LogP contribution >= 0.6 is 0 Å². The molecule has 1 heterocycles. The normalized spacial score (nSPS) is 14.2. The molecule has 3 amide bonds. The third-order valence-electron chi connectivity index (χ3n) is 5.12. The maximum Gasteiger partial charge on any atom is 0.244 e. The molecular weight excluding hydrogens is 368 g/mol. The van der Waals surface area contributed by atoms with Gasteiger partial charge < -0.3 is 10.6 Å². The number of aryl methyl sites for hydroxylation is 1. The Hall–Kier alpha value is -3.19. The van der Waals surface area contributed by atoms with Gasteiger partial charge in [-0.1, -0.05) is 37.3 Å². The number of nitrogens with zero attached hydrogens (tertiary/aromatic N) is 2. The van der Waals surface area contributed by atoms with E-state index < -0.39 is 6.04 Å². The lowest BCUT2D eigenvalue weighted by molar-refractivity contribution is -0.126. The number of hydrogen-bond acceptors (Lipinski definition) is 4. The SMILES string of the molecule is CCc1ccccc1NC(=O)CN(C)[C@H](C)C(=O)N1CC(=O)Nc2ccccc21. The lowest BCUT2D eigenvalue weighted by Gasteiger charge is -2.33. The summed E-state index contributed by atoms with van der Waals surface area (Å²) in [5.74, 6) is -0.651. The second kappa shape index (κ2) is 8.87. The van der Waals surface area contributed by atoms with Crippen molar-refractivity contribution >= 4 is 34.8 Å². The number of carbonyl (C=O) groups excluding carboxylic acids is 3. The molecular formula is C22H26N4O3. The van der Waals surface area contributed by atoms with Crippen molar-refractivity contribution in [1.29, 1.82) is 0 Å². The first-order valence-electron chi connectivity index (χ1n) is 9.69. The summed E-state index contributed by atoms with van der Waals surface area (Å²) in [4.78, 5) is 40.7. The molecule has 3 rings (SSSR count). The monoisotopic (exact) mass is 394 g/mol. The van der Waals surface area contributed by atoms with Gasteiger partial charge in [-0.3, -0.25) is 24.2 Å². The van der Waals surface area contributed by atoms with Crippen LogP contribution in [0.2, 0.25) is 0 Å². The van der Waals surface area contributed by atoms with E-state index in [0.717, 1.165) is 17.7 Å². The summed E-state index contributed by atoms with van der Waals surface area (Å²) in [7, 11) is 1.73. The van der Waals surface area contributed by atoms with Crippen molar-refractivity contribution in [2.24, 2.45) is 0 Å². The van der Waals surface area contributed by atoms with Gasteiger partial charge in [0, 0.05) is 5.69 Å². The summed E-state index contributed by atoms with van der Waals surface area (Å²) in [5, 5.41) is 5.69. The maximum absolute atomic E-state index is 13.1. The number of para-hydroxylation sites is 3. The van der Waals surface area contributed by atoms with Crippen molar-refractivity contribution in [3.8, 4) is 0 Å². The van der Waals surface area contributed by atoms with E-state index >= 15 is 0 Å². The third-order valence-corrected chi connectivity index (χ3v) is 5.12. The fourth-order valence-corrected chi connectivity index (χ4v) is 3.35. The number of amides is 3. The molecule has 0 fully saturated rings. The molecule has 0 saturated heterocycles.